The Bertz CT molecular complexity index is 198. The molecule has 0 amide bonds. The molecule has 0 radical (unpaired) electrons. The molecule has 0 saturated heterocycles. The quantitative estimate of drug-likeness (QED) is 0.402. The molecule has 14 heavy (non-hydrogen) atoms. The van der Waals surface area contributed by atoms with E-state index in [0.29, 0.717) is 0 Å². The molecule has 0 aromatic heterocycles. The second-order valence-corrected chi connectivity index (χ2v) is 2.72. The van der Waals surface area contributed by atoms with E-state index in [1.807, 2.05) is 0 Å². The van der Waals surface area contributed by atoms with Crippen molar-refractivity contribution < 1.29 is 22.3 Å². The highest BCUT2D eigenvalue weighted by Crippen LogP contribution is 2.23. The predicted molar refractivity (Wildman–Crippen MR) is 42.9 cm³/mol. The summed E-state index contributed by atoms with van der Waals surface area (Å²) in [5, 5.41) is 6.89. The number of ether oxygens (including phenoxy) is 1. The number of nitrogens with one attached hydrogen (secondary N) is 1. The first-order valence-corrected chi connectivity index (χ1v) is 3.92. The molecule has 0 fully saturated rings. The van der Waals surface area contributed by atoms with Crippen LogP contribution in [0, 0.1) is 5.41 Å². The molecule has 0 aromatic rings. The lowest BCUT2D eigenvalue weighted by Crippen LogP contribution is -2.38. The predicted octanol–water partition coefficient (Wildman–Crippen LogP) is 1.62. The fourth-order valence-corrected chi connectivity index (χ4v) is 0.702. The fraction of sp³-hybridized carbons (Fsp3) is 0.857. The van der Waals surface area contributed by atoms with Gasteiger partial charge in [-0.1, -0.05) is 6.92 Å². The van der Waals surface area contributed by atoms with Gasteiger partial charge in [0.05, 0.1) is 0 Å². The van der Waals surface area contributed by atoms with Gasteiger partial charge in [0.25, 0.3) is 0 Å². The zero-order chi connectivity index (χ0) is 11.4. The Labute approximate surface area is 78.7 Å². The van der Waals surface area contributed by atoms with E-state index in [4.69, 9.17) is 11.1 Å². The monoisotopic (exact) mass is 216 g/mol. The molecule has 1 unspecified atom stereocenters. The Morgan fingerprint density at radius 1 is 1.50 bits per heavy atom. The van der Waals surface area contributed by atoms with Crippen LogP contribution in [-0.2, 0) is 4.74 Å². The summed E-state index contributed by atoms with van der Waals surface area (Å²) in [6, 6.07) is 0. The van der Waals surface area contributed by atoms with Gasteiger partial charge < -0.3 is 10.5 Å². The molecule has 0 aromatic carbocycles. The zero-order valence-electron chi connectivity index (χ0n) is 7.57. The summed E-state index contributed by atoms with van der Waals surface area (Å²) in [5.74, 6) is -4.64. The lowest BCUT2D eigenvalue weighted by Gasteiger charge is -2.19. The molecule has 0 aliphatic rings. The molecule has 3 nitrogen and oxygen atoms in total. The third-order valence-corrected chi connectivity index (χ3v) is 1.51. The molecule has 0 spiro atoms. The molecule has 0 aliphatic heterocycles. The van der Waals surface area contributed by atoms with Gasteiger partial charge in [-0.15, -0.1) is 0 Å². The molecule has 3 N–H and O–H groups in total. The minimum atomic E-state index is -4.19. The van der Waals surface area contributed by atoms with Crippen LogP contribution in [0.4, 0.5) is 17.6 Å². The van der Waals surface area contributed by atoms with Crippen LogP contribution in [0.2, 0.25) is 0 Å². The molecular formula is C7H12F4N2O. The largest absolute Gasteiger partial charge is 0.385 e. The normalized spacial score (nSPS) is 14.4. The van der Waals surface area contributed by atoms with E-state index < -0.39 is 30.9 Å². The van der Waals surface area contributed by atoms with E-state index in [1.54, 1.807) is 6.92 Å². The summed E-state index contributed by atoms with van der Waals surface area (Å²) in [7, 11) is 0. The standard InChI is InChI=1S/C7H12F4N2O/c1-2-4(5(12)13)14-3-7(10,11)6(8)9/h4,6H,2-3H2,1H3,(H3,12,13). The first-order valence-electron chi connectivity index (χ1n) is 3.92. The molecular weight excluding hydrogens is 204 g/mol. The lowest BCUT2D eigenvalue weighted by molar-refractivity contribution is -0.170. The van der Waals surface area contributed by atoms with Crippen LogP contribution in [0.5, 0.6) is 0 Å². The summed E-state index contributed by atoms with van der Waals surface area (Å²) < 4.78 is 52.3. The van der Waals surface area contributed by atoms with Gasteiger partial charge in [0, 0.05) is 0 Å². The van der Waals surface area contributed by atoms with Gasteiger partial charge in [-0.2, -0.15) is 8.78 Å². The molecule has 1 atom stereocenters. The van der Waals surface area contributed by atoms with Crippen molar-refractivity contribution >= 4 is 5.84 Å². The highest BCUT2D eigenvalue weighted by molar-refractivity contribution is 5.81. The maximum atomic E-state index is 12.3. The van der Waals surface area contributed by atoms with Crippen molar-refractivity contribution in [3.05, 3.63) is 0 Å². The second-order valence-electron chi connectivity index (χ2n) is 2.72. The maximum absolute atomic E-state index is 12.3. The van der Waals surface area contributed by atoms with Gasteiger partial charge in [0.15, 0.2) is 0 Å². The van der Waals surface area contributed by atoms with Crippen LogP contribution < -0.4 is 5.73 Å². The maximum Gasteiger partial charge on any atom is 0.330 e. The number of rotatable bonds is 6. The molecule has 84 valence electrons. The Morgan fingerprint density at radius 3 is 2.29 bits per heavy atom. The summed E-state index contributed by atoms with van der Waals surface area (Å²) in [5.41, 5.74) is 4.98. The van der Waals surface area contributed by atoms with E-state index >= 15 is 0 Å². The average Bonchev–Trinajstić information content (AvgIpc) is 2.04. The van der Waals surface area contributed by atoms with Gasteiger partial charge in [0.2, 0.25) is 0 Å². The Balaban J connectivity index is 4.09. The van der Waals surface area contributed by atoms with Crippen molar-refractivity contribution in [3.63, 3.8) is 0 Å². The molecule has 0 aliphatic carbocycles. The zero-order valence-corrected chi connectivity index (χ0v) is 7.57. The van der Waals surface area contributed by atoms with Crippen molar-refractivity contribution in [1.29, 1.82) is 5.41 Å². The minimum Gasteiger partial charge on any atom is -0.385 e. The van der Waals surface area contributed by atoms with Crippen LogP contribution in [0.15, 0.2) is 0 Å². The van der Waals surface area contributed by atoms with Gasteiger partial charge in [-0.3, -0.25) is 5.41 Å². The third kappa shape index (κ3) is 3.91. The first-order chi connectivity index (χ1) is 6.31. The number of nitrogens with two attached hydrogens (primary N) is 1. The Morgan fingerprint density at radius 2 is 2.00 bits per heavy atom. The number of halogens is 4. The molecule has 0 saturated carbocycles. The fourth-order valence-electron chi connectivity index (χ4n) is 0.702. The van der Waals surface area contributed by atoms with Gasteiger partial charge in [-0.25, -0.2) is 8.78 Å². The van der Waals surface area contributed by atoms with Crippen LogP contribution in [0.25, 0.3) is 0 Å². The van der Waals surface area contributed by atoms with Crippen LogP contribution >= 0.6 is 0 Å². The summed E-state index contributed by atoms with van der Waals surface area (Å²) in [6.45, 7) is 0.120. The Hall–Kier alpha value is -0.850. The van der Waals surface area contributed by atoms with Crippen LogP contribution in [0.1, 0.15) is 13.3 Å². The van der Waals surface area contributed by atoms with Crippen LogP contribution in [0.3, 0.4) is 0 Å². The molecule has 0 rings (SSSR count). The smallest absolute Gasteiger partial charge is 0.330 e. The van der Waals surface area contributed by atoms with E-state index in [1.165, 1.54) is 0 Å². The average molecular weight is 216 g/mol. The Kier molecular flexibility index (Phi) is 4.82. The number of alkyl halides is 4. The highest BCUT2D eigenvalue weighted by atomic mass is 19.3. The molecule has 0 heterocycles. The van der Waals surface area contributed by atoms with E-state index in [9.17, 15) is 17.6 Å². The van der Waals surface area contributed by atoms with Crippen molar-refractivity contribution in [2.24, 2.45) is 5.73 Å². The topological polar surface area (TPSA) is 59.1 Å². The van der Waals surface area contributed by atoms with E-state index in [-0.39, 0.29) is 6.42 Å². The summed E-state index contributed by atoms with van der Waals surface area (Å²) in [6.07, 6.45) is -4.61. The van der Waals surface area contributed by atoms with Gasteiger partial charge in [-0.05, 0) is 6.42 Å². The molecule has 0 bridgehead atoms. The van der Waals surface area contributed by atoms with Crippen molar-refractivity contribution in [1.82, 2.24) is 0 Å². The summed E-state index contributed by atoms with van der Waals surface area (Å²) in [4.78, 5) is 0. The third-order valence-electron chi connectivity index (χ3n) is 1.51. The van der Waals surface area contributed by atoms with E-state index in [0.717, 1.165) is 0 Å². The molecule has 7 heteroatoms. The van der Waals surface area contributed by atoms with Crippen molar-refractivity contribution in [2.45, 2.75) is 31.8 Å². The van der Waals surface area contributed by atoms with Crippen LogP contribution in [-0.4, -0.2) is 30.9 Å². The van der Waals surface area contributed by atoms with E-state index in [2.05, 4.69) is 4.74 Å². The number of hydrogen-bond acceptors (Lipinski definition) is 2. The summed E-state index contributed by atoms with van der Waals surface area (Å²) >= 11 is 0. The second kappa shape index (κ2) is 5.14. The van der Waals surface area contributed by atoms with Crippen molar-refractivity contribution in [3.8, 4) is 0 Å². The first kappa shape index (κ1) is 13.2. The van der Waals surface area contributed by atoms with Gasteiger partial charge >= 0.3 is 12.3 Å². The van der Waals surface area contributed by atoms with Crippen molar-refractivity contribution in [2.75, 3.05) is 6.61 Å². The highest BCUT2D eigenvalue weighted by Gasteiger charge is 2.41. The van der Waals surface area contributed by atoms with Gasteiger partial charge in [0.1, 0.15) is 18.5 Å². The number of hydrogen-bond donors (Lipinski definition) is 2. The number of amidine groups is 1. The lowest BCUT2D eigenvalue weighted by atomic mass is 10.2. The SMILES string of the molecule is CCC(OCC(F)(F)C(F)F)C(=N)N. The minimum absolute atomic E-state index is 0.189.